The largest absolute Gasteiger partial charge is 0.374 e. The van der Waals surface area contributed by atoms with Gasteiger partial charge in [0.25, 0.3) is 0 Å². The molecule has 1 aromatic heterocycles. The van der Waals surface area contributed by atoms with Gasteiger partial charge in [0.05, 0.1) is 30.8 Å². The lowest BCUT2D eigenvalue weighted by Gasteiger charge is -2.41. The van der Waals surface area contributed by atoms with E-state index in [9.17, 15) is 0 Å². The van der Waals surface area contributed by atoms with Crippen LogP contribution >= 0.6 is 0 Å². The molecule has 1 saturated heterocycles. The average Bonchev–Trinajstić information content (AvgIpc) is 2.88. The van der Waals surface area contributed by atoms with Crippen molar-refractivity contribution in [1.29, 1.82) is 0 Å². The van der Waals surface area contributed by atoms with E-state index in [-0.39, 0.29) is 6.10 Å². The molecule has 1 aromatic rings. The van der Waals surface area contributed by atoms with Crippen molar-refractivity contribution in [3.63, 3.8) is 0 Å². The van der Waals surface area contributed by atoms with Crippen LogP contribution < -0.4 is 5.32 Å². The Hall–Kier alpha value is -0.910. The summed E-state index contributed by atoms with van der Waals surface area (Å²) in [4.78, 5) is 6.92. The third-order valence-electron chi connectivity index (χ3n) is 3.88. The van der Waals surface area contributed by atoms with Crippen LogP contribution in [0, 0.1) is 0 Å². The number of rotatable bonds is 7. The smallest absolute Gasteiger partial charge is 0.0948 e. The van der Waals surface area contributed by atoms with Crippen molar-refractivity contribution in [1.82, 2.24) is 19.8 Å². The Morgan fingerprint density at radius 3 is 2.85 bits per heavy atom. The molecule has 2 unspecified atom stereocenters. The number of ether oxygens (including phenoxy) is 1. The minimum absolute atomic E-state index is 0.201. The summed E-state index contributed by atoms with van der Waals surface area (Å²) in [5, 5.41) is 3.26. The second kappa shape index (κ2) is 7.76. The third-order valence-corrected chi connectivity index (χ3v) is 3.88. The molecule has 0 aromatic carbocycles. The van der Waals surface area contributed by atoms with Gasteiger partial charge in [0.15, 0.2) is 0 Å². The van der Waals surface area contributed by atoms with Gasteiger partial charge in [-0.05, 0) is 26.4 Å². The van der Waals surface area contributed by atoms with Crippen molar-refractivity contribution in [3.8, 4) is 0 Å². The van der Waals surface area contributed by atoms with Gasteiger partial charge >= 0.3 is 0 Å². The zero-order chi connectivity index (χ0) is 14.4. The molecule has 0 spiro atoms. The molecule has 2 atom stereocenters. The van der Waals surface area contributed by atoms with E-state index in [1.54, 1.807) is 0 Å². The molecule has 1 aliphatic rings. The first-order valence-electron chi connectivity index (χ1n) is 7.82. The quantitative estimate of drug-likeness (QED) is 0.825. The Bertz CT molecular complexity index is 375. The van der Waals surface area contributed by atoms with Crippen molar-refractivity contribution in [2.24, 2.45) is 0 Å². The van der Waals surface area contributed by atoms with Crippen LogP contribution in [0.25, 0.3) is 0 Å². The first-order chi connectivity index (χ1) is 9.81. The lowest BCUT2D eigenvalue weighted by molar-refractivity contribution is -0.0727. The number of likely N-dealkylation sites (N-methyl/N-ethyl adjacent to an activating group) is 1. The zero-order valence-corrected chi connectivity index (χ0v) is 13.0. The molecule has 0 saturated carbocycles. The van der Waals surface area contributed by atoms with E-state index in [0.29, 0.717) is 6.04 Å². The molecule has 114 valence electrons. The van der Waals surface area contributed by atoms with E-state index in [1.807, 2.05) is 19.6 Å². The Balaban J connectivity index is 2.25. The van der Waals surface area contributed by atoms with E-state index in [0.717, 1.165) is 39.2 Å². The number of nitrogens with one attached hydrogen (secondary N) is 1. The number of nitrogens with zero attached hydrogens (tertiary/aromatic N) is 3. The van der Waals surface area contributed by atoms with Gasteiger partial charge in [0.1, 0.15) is 0 Å². The first kappa shape index (κ1) is 15.5. The van der Waals surface area contributed by atoms with Crippen molar-refractivity contribution < 1.29 is 4.74 Å². The third kappa shape index (κ3) is 3.40. The molecular formula is C15H28N4O. The normalized spacial score (nSPS) is 24.1. The van der Waals surface area contributed by atoms with Gasteiger partial charge in [0.2, 0.25) is 0 Å². The lowest BCUT2D eigenvalue weighted by Crippen LogP contribution is -2.49. The molecule has 5 heteroatoms. The van der Waals surface area contributed by atoms with E-state index in [1.165, 1.54) is 12.1 Å². The van der Waals surface area contributed by atoms with E-state index >= 15 is 0 Å². The topological polar surface area (TPSA) is 42.3 Å². The van der Waals surface area contributed by atoms with Gasteiger partial charge in [-0.1, -0.05) is 13.8 Å². The first-order valence-corrected chi connectivity index (χ1v) is 7.82. The number of imidazole rings is 1. The van der Waals surface area contributed by atoms with Crippen molar-refractivity contribution in [3.05, 3.63) is 18.2 Å². The summed E-state index contributed by atoms with van der Waals surface area (Å²) in [5.41, 5.74) is 1.29. The van der Waals surface area contributed by atoms with Gasteiger partial charge in [-0.3, -0.25) is 4.90 Å². The molecule has 0 bridgehead atoms. The maximum absolute atomic E-state index is 6.02. The van der Waals surface area contributed by atoms with Gasteiger partial charge in [-0.25, -0.2) is 4.98 Å². The van der Waals surface area contributed by atoms with Crippen molar-refractivity contribution in [2.45, 2.75) is 45.4 Å². The van der Waals surface area contributed by atoms with Crippen LogP contribution in [0.15, 0.2) is 12.5 Å². The molecule has 2 heterocycles. The molecule has 5 nitrogen and oxygen atoms in total. The fourth-order valence-corrected chi connectivity index (χ4v) is 3.08. The summed E-state index contributed by atoms with van der Waals surface area (Å²) in [6, 6.07) is 0.310. The Morgan fingerprint density at radius 2 is 2.15 bits per heavy atom. The highest BCUT2D eigenvalue weighted by atomic mass is 16.5. The summed E-state index contributed by atoms with van der Waals surface area (Å²) < 4.78 is 8.30. The van der Waals surface area contributed by atoms with Crippen LogP contribution in [0.4, 0.5) is 0 Å². The predicted molar refractivity (Wildman–Crippen MR) is 80.8 cm³/mol. The molecule has 0 radical (unpaired) electrons. The standard InChI is InChI=1S/C15H28N4O/c1-4-6-18-8-9-20-14(11-16-3)15(18)13-10-17-12-19(13)7-5-2/h10,12,14-16H,4-9,11H2,1-3H3. The highest BCUT2D eigenvalue weighted by Crippen LogP contribution is 2.29. The van der Waals surface area contributed by atoms with Crippen LogP contribution in [0.2, 0.25) is 0 Å². The van der Waals surface area contributed by atoms with E-state index < -0.39 is 0 Å². The molecule has 0 aliphatic carbocycles. The van der Waals surface area contributed by atoms with Gasteiger partial charge in [-0.15, -0.1) is 0 Å². The number of aromatic nitrogens is 2. The predicted octanol–water partition coefficient (Wildman–Crippen LogP) is 1.66. The van der Waals surface area contributed by atoms with Gasteiger partial charge < -0.3 is 14.6 Å². The number of aryl methyl sites for hydroxylation is 1. The maximum Gasteiger partial charge on any atom is 0.0948 e. The molecule has 1 aliphatic heterocycles. The maximum atomic E-state index is 6.02. The van der Waals surface area contributed by atoms with Crippen molar-refractivity contribution in [2.75, 3.05) is 33.3 Å². The Labute approximate surface area is 122 Å². The summed E-state index contributed by atoms with van der Waals surface area (Å²) >= 11 is 0. The fourth-order valence-electron chi connectivity index (χ4n) is 3.08. The minimum atomic E-state index is 0.201. The van der Waals surface area contributed by atoms with Crippen LogP contribution in [-0.2, 0) is 11.3 Å². The second-order valence-corrected chi connectivity index (χ2v) is 5.46. The summed E-state index contributed by atoms with van der Waals surface area (Å²) in [6.45, 7) is 9.30. The van der Waals surface area contributed by atoms with Gasteiger partial charge in [0, 0.05) is 25.8 Å². The van der Waals surface area contributed by atoms with Crippen LogP contribution in [0.3, 0.4) is 0 Å². The summed E-state index contributed by atoms with van der Waals surface area (Å²) in [6.07, 6.45) is 6.47. The Morgan fingerprint density at radius 1 is 1.35 bits per heavy atom. The second-order valence-electron chi connectivity index (χ2n) is 5.46. The molecule has 20 heavy (non-hydrogen) atoms. The summed E-state index contributed by atoms with van der Waals surface area (Å²) in [7, 11) is 1.99. The van der Waals surface area contributed by atoms with E-state index in [4.69, 9.17) is 4.74 Å². The highest BCUT2D eigenvalue weighted by molar-refractivity contribution is 5.10. The van der Waals surface area contributed by atoms with Crippen LogP contribution in [0.1, 0.15) is 38.4 Å². The molecule has 0 amide bonds. The van der Waals surface area contributed by atoms with Gasteiger partial charge in [-0.2, -0.15) is 0 Å². The van der Waals surface area contributed by atoms with Crippen LogP contribution in [0.5, 0.6) is 0 Å². The zero-order valence-electron chi connectivity index (χ0n) is 13.0. The SMILES string of the molecule is CCCN1CCOC(CNC)C1c1cncn1CCC. The number of morpholine rings is 1. The molecule has 1 fully saturated rings. The highest BCUT2D eigenvalue weighted by Gasteiger charge is 2.34. The Kier molecular flexibility index (Phi) is 6.01. The molecular weight excluding hydrogens is 252 g/mol. The minimum Gasteiger partial charge on any atom is -0.374 e. The lowest BCUT2D eigenvalue weighted by atomic mass is 10.0. The fraction of sp³-hybridized carbons (Fsp3) is 0.800. The monoisotopic (exact) mass is 280 g/mol. The van der Waals surface area contributed by atoms with Crippen molar-refractivity contribution >= 4 is 0 Å². The number of hydrogen-bond acceptors (Lipinski definition) is 4. The summed E-state index contributed by atoms with van der Waals surface area (Å²) in [5.74, 6) is 0. The molecule has 1 N–H and O–H groups in total. The average molecular weight is 280 g/mol. The number of hydrogen-bond donors (Lipinski definition) is 1. The molecule has 2 rings (SSSR count). The van der Waals surface area contributed by atoms with E-state index in [2.05, 4.69) is 33.6 Å². The van der Waals surface area contributed by atoms with Crippen LogP contribution in [-0.4, -0.2) is 53.8 Å².